The molecule has 1 saturated heterocycles. The largest absolute Gasteiger partial charge is 0.353 e. The summed E-state index contributed by atoms with van der Waals surface area (Å²) in [6.07, 6.45) is 15.8. The summed E-state index contributed by atoms with van der Waals surface area (Å²) in [5.41, 5.74) is 3.01. The van der Waals surface area contributed by atoms with Crippen molar-refractivity contribution in [2.75, 3.05) is 13.1 Å². The Balaban J connectivity index is 1.17. The van der Waals surface area contributed by atoms with Gasteiger partial charge in [0.2, 0.25) is 11.8 Å². The lowest BCUT2D eigenvalue weighted by atomic mass is 9.54. The molecule has 162 valence electrons. The molecule has 0 atom stereocenters. The molecule has 0 radical (unpaired) electrons. The number of piperidine rings is 1. The summed E-state index contributed by atoms with van der Waals surface area (Å²) in [6.45, 7) is 1.93. The highest BCUT2D eigenvalue weighted by Gasteiger charge is 2.49. The molecule has 0 aromatic rings. The first-order chi connectivity index (χ1) is 14.1. The highest BCUT2D eigenvalue weighted by Crippen LogP contribution is 2.54. The van der Waals surface area contributed by atoms with Gasteiger partial charge in [-0.2, -0.15) is 0 Å². The van der Waals surface area contributed by atoms with Crippen LogP contribution < -0.4 is 10.7 Å². The van der Waals surface area contributed by atoms with Crippen LogP contribution in [0, 0.1) is 29.1 Å². The highest BCUT2D eigenvalue weighted by atomic mass is 16.2. The number of rotatable bonds is 6. The molecular weight excluding hydrogens is 362 g/mol. The Morgan fingerprint density at radius 1 is 0.759 bits per heavy atom. The molecule has 0 spiro atoms. The fourth-order valence-electron chi connectivity index (χ4n) is 7.84. The van der Waals surface area contributed by atoms with Crippen LogP contribution in [0.3, 0.4) is 0 Å². The Labute approximate surface area is 175 Å². The van der Waals surface area contributed by atoms with Gasteiger partial charge in [-0.25, -0.2) is 5.01 Å². The van der Waals surface area contributed by atoms with Crippen molar-refractivity contribution in [3.05, 3.63) is 0 Å². The van der Waals surface area contributed by atoms with E-state index in [1.54, 1.807) is 0 Å². The monoisotopic (exact) mass is 401 g/mol. The number of amides is 2. The molecule has 6 rings (SSSR count). The van der Waals surface area contributed by atoms with Gasteiger partial charge in [0.25, 0.3) is 0 Å². The van der Waals surface area contributed by atoms with Gasteiger partial charge in [0.15, 0.2) is 0 Å². The van der Waals surface area contributed by atoms with E-state index >= 15 is 0 Å². The minimum absolute atomic E-state index is 0.115. The summed E-state index contributed by atoms with van der Waals surface area (Å²) in [5, 5.41) is 5.57. The molecule has 2 amide bonds. The van der Waals surface area contributed by atoms with Crippen molar-refractivity contribution in [3.63, 3.8) is 0 Å². The van der Waals surface area contributed by atoms with E-state index in [4.69, 9.17) is 0 Å². The second-order valence-electron chi connectivity index (χ2n) is 11.2. The molecule has 0 aromatic heterocycles. The zero-order valence-electron chi connectivity index (χ0n) is 18.0. The Morgan fingerprint density at radius 2 is 1.34 bits per heavy atom. The molecule has 1 aliphatic heterocycles. The molecule has 2 N–H and O–H groups in total. The summed E-state index contributed by atoms with van der Waals surface area (Å²) >= 11 is 0. The Morgan fingerprint density at radius 3 is 1.97 bits per heavy atom. The van der Waals surface area contributed by atoms with E-state index in [0.717, 1.165) is 62.4 Å². The van der Waals surface area contributed by atoms with Crippen LogP contribution in [0.1, 0.15) is 89.9 Å². The Kier molecular flexibility index (Phi) is 5.61. The first kappa shape index (κ1) is 19.8. The number of nitrogens with one attached hydrogen (secondary N) is 2. The van der Waals surface area contributed by atoms with Crippen molar-refractivity contribution in [2.45, 2.75) is 95.9 Å². The third kappa shape index (κ3) is 4.35. The minimum atomic E-state index is -0.115. The average molecular weight is 402 g/mol. The normalized spacial score (nSPS) is 38.1. The van der Waals surface area contributed by atoms with Gasteiger partial charge in [0, 0.05) is 32.0 Å². The van der Waals surface area contributed by atoms with Crippen molar-refractivity contribution in [3.8, 4) is 0 Å². The lowest BCUT2D eigenvalue weighted by Gasteiger charge is -2.54. The van der Waals surface area contributed by atoms with Gasteiger partial charge in [-0.15, -0.1) is 0 Å². The first-order valence-corrected chi connectivity index (χ1v) is 12.4. The van der Waals surface area contributed by atoms with Crippen LogP contribution in [-0.2, 0) is 9.59 Å². The van der Waals surface area contributed by atoms with Crippen molar-refractivity contribution < 1.29 is 9.59 Å². The van der Waals surface area contributed by atoms with Gasteiger partial charge in [0.05, 0.1) is 0 Å². The zero-order valence-corrected chi connectivity index (χ0v) is 18.0. The smallest absolute Gasteiger partial charge is 0.234 e. The van der Waals surface area contributed by atoms with E-state index in [0.29, 0.717) is 18.9 Å². The van der Waals surface area contributed by atoms with E-state index in [-0.39, 0.29) is 17.2 Å². The van der Waals surface area contributed by atoms with E-state index in [1.807, 2.05) is 0 Å². The molecule has 5 aliphatic carbocycles. The molecule has 1 heterocycles. The van der Waals surface area contributed by atoms with E-state index in [1.165, 1.54) is 51.4 Å². The van der Waals surface area contributed by atoms with E-state index in [9.17, 15) is 9.59 Å². The van der Waals surface area contributed by atoms with Crippen LogP contribution >= 0.6 is 0 Å². The molecular formula is C24H39N3O2. The number of carbonyl (C=O) groups is 2. The minimum Gasteiger partial charge on any atom is -0.353 e. The fraction of sp³-hybridized carbons (Fsp3) is 0.917. The number of hydrogen-bond acceptors (Lipinski definition) is 3. The van der Waals surface area contributed by atoms with Gasteiger partial charge in [0.1, 0.15) is 0 Å². The first-order valence-electron chi connectivity index (χ1n) is 12.4. The quantitative estimate of drug-likeness (QED) is 0.712. The number of hydrogen-bond donors (Lipinski definition) is 2. The number of carbonyl (C=O) groups excluding carboxylic acids is 2. The summed E-state index contributed by atoms with van der Waals surface area (Å²) in [7, 11) is 0. The van der Waals surface area contributed by atoms with Crippen molar-refractivity contribution >= 4 is 11.8 Å². The highest BCUT2D eigenvalue weighted by molar-refractivity contribution is 5.80. The number of nitrogens with zero attached hydrogens (tertiary/aromatic N) is 1. The van der Waals surface area contributed by atoms with Crippen LogP contribution in [0.25, 0.3) is 0 Å². The van der Waals surface area contributed by atoms with Crippen LogP contribution in [0.2, 0.25) is 0 Å². The standard InChI is InChI=1S/C24H39N3O2/c28-21(25-23-19-11-17-10-18(13-19)14-20(23)12-17)15-24(6-2-3-7-24)16-22(29)26-27-8-4-1-5-9-27/h17-20,23H,1-16H2,(H,25,28)(H,26,29). The summed E-state index contributed by atoms with van der Waals surface area (Å²) in [4.78, 5) is 25.9. The summed E-state index contributed by atoms with van der Waals surface area (Å²) < 4.78 is 0. The Hall–Kier alpha value is -1.10. The molecule has 5 saturated carbocycles. The van der Waals surface area contributed by atoms with Crippen LogP contribution in [0.5, 0.6) is 0 Å². The summed E-state index contributed by atoms with van der Waals surface area (Å²) in [5.74, 6) is 3.65. The molecule has 0 aromatic carbocycles. The molecule has 5 nitrogen and oxygen atoms in total. The fourth-order valence-corrected chi connectivity index (χ4v) is 7.84. The van der Waals surface area contributed by atoms with E-state index < -0.39 is 0 Å². The predicted molar refractivity (Wildman–Crippen MR) is 113 cm³/mol. The van der Waals surface area contributed by atoms with E-state index in [2.05, 4.69) is 15.8 Å². The molecule has 6 aliphatic rings. The molecule has 29 heavy (non-hydrogen) atoms. The van der Waals surface area contributed by atoms with Gasteiger partial charge < -0.3 is 5.32 Å². The van der Waals surface area contributed by atoms with Gasteiger partial charge in [-0.1, -0.05) is 19.3 Å². The summed E-state index contributed by atoms with van der Waals surface area (Å²) in [6, 6.07) is 0.413. The molecule has 4 bridgehead atoms. The second-order valence-corrected chi connectivity index (χ2v) is 11.2. The maximum absolute atomic E-state index is 13.1. The molecule has 6 fully saturated rings. The van der Waals surface area contributed by atoms with Crippen molar-refractivity contribution in [1.82, 2.24) is 15.8 Å². The van der Waals surface area contributed by atoms with Crippen LogP contribution in [-0.4, -0.2) is 36.0 Å². The number of hydrazine groups is 1. The van der Waals surface area contributed by atoms with Crippen molar-refractivity contribution in [2.24, 2.45) is 29.1 Å². The lowest BCUT2D eigenvalue weighted by molar-refractivity contribution is -0.131. The van der Waals surface area contributed by atoms with Crippen LogP contribution in [0.15, 0.2) is 0 Å². The second kappa shape index (κ2) is 8.20. The van der Waals surface area contributed by atoms with Crippen LogP contribution in [0.4, 0.5) is 0 Å². The lowest BCUT2D eigenvalue weighted by Crippen LogP contribution is -2.56. The average Bonchev–Trinajstić information content (AvgIpc) is 3.12. The Bertz CT molecular complexity index is 594. The van der Waals surface area contributed by atoms with Gasteiger partial charge in [-0.3, -0.25) is 15.0 Å². The maximum Gasteiger partial charge on any atom is 0.234 e. The van der Waals surface area contributed by atoms with Crippen molar-refractivity contribution in [1.29, 1.82) is 0 Å². The SMILES string of the molecule is O=C(CC1(CC(=O)NN2CCCCC2)CCCC1)NC1C2CC3CC(C2)CC1C3. The topological polar surface area (TPSA) is 61.4 Å². The molecule has 0 unspecified atom stereocenters. The van der Waals surface area contributed by atoms with Gasteiger partial charge in [-0.05, 0) is 86.9 Å². The third-order valence-electron chi connectivity index (χ3n) is 8.93. The van der Waals surface area contributed by atoms with Gasteiger partial charge >= 0.3 is 0 Å². The predicted octanol–water partition coefficient (Wildman–Crippen LogP) is 3.79. The maximum atomic E-state index is 13.1. The third-order valence-corrected chi connectivity index (χ3v) is 8.93. The zero-order chi connectivity index (χ0) is 19.8. The molecule has 5 heteroatoms.